The van der Waals surface area contributed by atoms with Crippen LogP contribution in [0.15, 0.2) is 60.0 Å². The zero-order valence-electron chi connectivity index (χ0n) is 15.0. The van der Waals surface area contributed by atoms with Gasteiger partial charge in [-0.05, 0) is 31.0 Å². The van der Waals surface area contributed by atoms with E-state index in [1.807, 2.05) is 18.3 Å². The van der Waals surface area contributed by atoms with Gasteiger partial charge in [-0.1, -0.05) is 48.2 Å². The molecule has 26 heavy (non-hydrogen) atoms. The largest absolute Gasteiger partial charge is 0.307 e. The van der Waals surface area contributed by atoms with Crippen LogP contribution in [-0.4, -0.2) is 24.1 Å². The topological polar surface area (TPSA) is 48.0 Å². The minimum Gasteiger partial charge on any atom is -0.307 e. The number of thioether (sulfide) groups is 1. The van der Waals surface area contributed by atoms with Gasteiger partial charge in [0, 0.05) is 31.1 Å². The Hall–Kier alpha value is -2.60. The molecule has 0 unspecified atom stereocenters. The van der Waals surface area contributed by atoms with Crippen molar-refractivity contribution in [2.75, 3.05) is 0 Å². The van der Waals surface area contributed by atoms with E-state index in [4.69, 9.17) is 4.98 Å². The predicted molar refractivity (Wildman–Crippen MR) is 104 cm³/mol. The summed E-state index contributed by atoms with van der Waals surface area (Å²) in [6.45, 7) is 5.08. The quantitative estimate of drug-likeness (QED) is 0.483. The van der Waals surface area contributed by atoms with Gasteiger partial charge in [0.05, 0.1) is 5.69 Å². The van der Waals surface area contributed by atoms with Crippen LogP contribution in [0, 0.1) is 6.92 Å². The lowest BCUT2D eigenvalue weighted by Gasteiger charge is -2.06. The monoisotopic (exact) mass is 363 g/mol. The Bertz CT molecular complexity index is 1020. The Labute approximate surface area is 157 Å². The molecule has 0 aliphatic rings. The Morgan fingerprint density at radius 2 is 1.88 bits per heavy atom. The number of aryl methyl sites for hydroxylation is 1. The van der Waals surface area contributed by atoms with E-state index >= 15 is 0 Å². The molecule has 0 fully saturated rings. The highest BCUT2D eigenvalue weighted by molar-refractivity contribution is 7.98. The summed E-state index contributed by atoms with van der Waals surface area (Å²) in [4.78, 5) is 4.74. The first-order valence-electron chi connectivity index (χ1n) is 8.76. The molecular formula is C20H21N5S. The van der Waals surface area contributed by atoms with Crippen molar-refractivity contribution in [2.45, 2.75) is 37.7 Å². The molecule has 4 aromatic rings. The van der Waals surface area contributed by atoms with Gasteiger partial charge in [0.1, 0.15) is 11.5 Å². The first-order valence-corrected chi connectivity index (χ1v) is 9.75. The van der Waals surface area contributed by atoms with Crippen LogP contribution in [0.25, 0.3) is 5.65 Å². The number of pyridine rings is 1. The summed E-state index contributed by atoms with van der Waals surface area (Å²) < 4.78 is 4.27. The molecule has 4 rings (SSSR count). The first-order chi connectivity index (χ1) is 12.7. The molecule has 0 N–H and O–H groups in total. The molecule has 3 aromatic heterocycles. The van der Waals surface area contributed by atoms with Crippen LogP contribution in [-0.2, 0) is 18.7 Å². The third-order valence-corrected chi connectivity index (χ3v) is 5.39. The minimum atomic E-state index is 0.782. The molecule has 0 atom stereocenters. The highest BCUT2D eigenvalue weighted by atomic mass is 32.2. The Balaban J connectivity index is 1.51. The van der Waals surface area contributed by atoms with Crippen LogP contribution < -0.4 is 0 Å². The van der Waals surface area contributed by atoms with Crippen LogP contribution in [0.3, 0.4) is 0 Å². The molecule has 3 heterocycles. The molecule has 0 aliphatic carbocycles. The van der Waals surface area contributed by atoms with Gasteiger partial charge < -0.3 is 8.97 Å². The summed E-state index contributed by atoms with van der Waals surface area (Å²) in [7, 11) is 0. The van der Waals surface area contributed by atoms with Gasteiger partial charge in [-0.3, -0.25) is 0 Å². The summed E-state index contributed by atoms with van der Waals surface area (Å²) in [5.41, 5.74) is 4.51. The molecular weight excluding hydrogens is 342 g/mol. The van der Waals surface area contributed by atoms with Gasteiger partial charge in [-0.2, -0.15) is 0 Å². The van der Waals surface area contributed by atoms with Crippen LogP contribution in [0.2, 0.25) is 0 Å². The number of benzene rings is 1. The van der Waals surface area contributed by atoms with Crippen molar-refractivity contribution < 1.29 is 0 Å². The highest BCUT2D eigenvalue weighted by Gasteiger charge is 2.13. The van der Waals surface area contributed by atoms with Crippen molar-refractivity contribution in [1.82, 2.24) is 24.1 Å². The standard InChI is InChI=1S/C20H21N5S/c1-3-25-18(12-16-9-5-4-6-10-16)22-23-20(25)26-14-17-13-24-11-7-8-15(2)19(24)21-17/h4-11,13H,3,12,14H2,1-2H3. The molecule has 0 spiro atoms. The van der Waals surface area contributed by atoms with Crippen molar-refractivity contribution in [3.8, 4) is 0 Å². The van der Waals surface area contributed by atoms with E-state index in [0.29, 0.717) is 0 Å². The maximum Gasteiger partial charge on any atom is 0.191 e. The van der Waals surface area contributed by atoms with E-state index in [1.54, 1.807) is 11.8 Å². The number of hydrogen-bond acceptors (Lipinski definition) is 4. The molecule has 0 aliphatic heterocycles. The van der Waals surface area contributed by atoms with Gasteiger partial charge in [0.25, 0.3) is 0 Å². The maximum atomic E-state index is 4.74. The molecule has 0 saturated heterocycles. The van der Waals surface area contributed by atoms with Gasteiger partial charge in [0.15, 0.2) is 5.16 Å². The molecule has 1 aromatic carbocycles. The molecule has 6 heteroatoms. The first kappa shape index (κ1) is 16.8. The van der Waals surface area contributed by atoms with Crippen LogP contribution in [0.4, 0.5) is 0 Å². The molecule has 132 valence electrons. The normalized spacial score (nSPS) is 11.3. The maximum absolute atomic E-state index is 4.74. The fourth-order valence-electron chi connectivity index (χ4n) is 3.07. The van der Waals surface area contributed by atoms with E-state index in [9.17, 15) is 0 Å². The van der Waals surface area contributed by atoms with Crippen molar-refractivity contribution in [2.24, 2.45) is 0 Å². The lowest BCUT2D eigenvalue weighted by Crippen LogP contribution is -2.04. The minimum absolute atomic E-state index is 0.782. The second-order valence-corrected chi connectivity index (χ2v) is 7.19. The number of hydrogen-bond donors (Lipinski definition) is 0. The van der Waals surface area contributed by atoms with Gasteiger partial charge in [-0.25, -0.2) is 4.98 Å². The van der Waals surface area contributed by atoms with E-state index in [1.165, 1.54) is 11.1 Å². The lowest BCUT2D eigenvalue weighted by molar-refractivity contribution is 0.651. The summed E-state index contributed by atoms with van der Waals surface area (Å²) in [6.07, 6.45) is 4.93. The van der Waals surface area contributed by atoms with Crippen molar-refractivity contribution >= 4 is 17.4 Å². The van der Waals surface area contributed by atoms with Crippen molar-refractivity contribution in [1.29, 1.82) is 0 Å². The van der Waals surface area contributed by atoms with Gasteiger partial charge in [-0.15, -0.1) is 10.2 Å². The zero-order valence-corrected chi connectivity index (χ0v) is 15.8. The number of fused-ring (bicyclic) bond motifs is 1. The van der Waals surface area contributed by atoms with E-state index < -0.39 is 0 Å². The van der Waals surface area contributed by atoms with Gasteiger partial charge in [0.2, 0.25) is 0 Å². The van der Waals surface area contributed by atoms with Crippen molar-refractivity contribution in [3.05, 3.63) is 77.5 Å². The molecule has 0 radical (unpaired) electrons. The number of rotatable bonds is 6. The molecule has 5 nitrogen and oxygen atoms in total. The highest BCUT2D eigenvalue weighted by Crippen LogP contribution is 2.23. The van der Waals surface area contributed by atoms with E-state index in [-0.39, 0.29) is 0 Å². The lowest BCUT2D eigenvalue weighted by atomic mass is 10.1. The fraction of sp³-hybridized carbons (Fsp3) is 0.250. The smallest absolute Gasteiger partial charge is 0.191 e. The Morgan fingerprint density at radius 3 is 2.65 bits per heavy atom. The number of nitrogens with zero attached hydrogens (tertiary/aromatic N) is 5. The van der Waals surface area contributed by atoms with Crippen LogP contribution in [0.1, 0.15) is 29.6 Å². The molecule has 0 saturated carbocycles. The second-order valence-electron chi connectivity index (χ2n) is 6.25. The number of imidazole rings is 1. The van der Waals surface area contributed by atoms with Crippen LogP contribution >= 0.6 is 11.8 Å². The number of aromatic nitrogens is 5. The third-order valence-electron chi connectivity index (χ3n) is 4.39. The zero-order chi connectivity index (χ0) is 17.9. The Kier molecular flexibility index (Phi) is 4.75. The second kappa shape index (κ2) is 7.33. The third kappa shape index (κ3) is 3.37. The summed E-state index contributed by atoms with van der Waals surface area (Å²) in [6, 6.07) is 14.5. The van der Waals surface area contributed by atoms with Crippen LogP contribution in [0.5, 0.6) is 0 Å². The molecule has 0 amide bonds. The fourth-order valence-corrected chi connectivity index (χ4v) is 3.97. The average Bonchev–Trinajstić information content (AvgIpc) is 3.25. The van der Waals surface area contributed by atoms with Gasteiger partial charge >= 0.3 is 0 Å². The SMILES string of the molecule is CCn1c(Cc2ccccc2)nnc1SCc1cn2cccc(C)c2n1. The predicted octanol–water partition coefficient (Wildman–Crippen LogP) is 4.14. The summed E-state index contributed by atoms with van der Waals surface area (Å²) in [5, 5.41) is 9.78. The summed E-state index contributed by atoms with van der Waals surface area (Å²) >= 11 is 1.69. The summed E-state index contributed by atoms with van der Waals surface area (Å²) in [5.74, 6) is 1.79. The average molecular weight is 363 g/mol. The van der Waals surface area contributed by atoms with E-state index in [2.05, 4.69) is 69.5 Å². The molecule has 0 bridgehead atoms. The Morgan fingerprint density at radius 1 is 1.04 bits per heavy atom. The van der Waals surface area contributed by atoms with Crippen molar-refractivity contribution in [3.63, 3.8) is 0 Å². The van der Waals surface area contributed by atoms with E-state index in [0.717, 1.165) is 41.0 Å².